The molecule has 0 aliphatic rings. The van der Waals surface area contributed by atoms with Crippen LogP contribution in [0.3, 0.4) is 0 Å². The number of para-hydroxylation sites is 1. The summed E-state index contributed by atoms with van der Waals surface area (Å²) in [5, 5.41) is 5.86. The lowest BCUT2D eigenvalue weighted by Crippen LogP contribution is -2.22. The van der Waals surface area contributed by atoms with Gasteiger partial charge in [-0.3, -0.25) is 9.59 Å². The summed E-state index contributed by atoms with van der Waals surface area (Å²) in [6, 6.07) is 18.2. The molecule has 0 saturated carbocycles. The van der Waals surface area contributed by atoms with Crippen molar-refractivity contribution in [2.24, 2.45) is 0 Å². The average molecular weight is 409 g/mol. The Hall–Kier alpha value is -2.89. The zero-order valence-electron chi connectivity index (χ0n) is 15.1. The van der Waals surface area contributed by atoms with Gasteiger partial charge in [0.15, 0.2) is 5.43 Å². The van der Waals surface area contributed by atoms with Gasteiger partial charge < -0.3 is 9.88 Å². The summed E-state index contributed by atoms with van der Waals surface area (Å²) in [5.74, 6) is 0.206. The highest BCUT2D eigenvalue weighted by Gasteiger charge is 2.21. The van der Waals surface area contributed by atoms with Crippen molar-refractivity contribution in [2.75, 3.05) is 5.32 Å². The van der Waals surface area contributed by atoms with Crippen molar-refractivity contribution in [3.05, 3.63) is 86.2 Å². The predicted octanol–water partition coefficient (Wildman–Crippen LogP) is 5.66. The fraction of sp³-hybridized carbons (Fsp3) is 0.0909. The topological polar surface area (TPSA) is 51.1 Å². The second-order valence-corrected chi connectivity index (χ2v) is 7.58. The number of hydrogen-bond acceptors (Lipinski definition) is 3. The fourth-order valence-electron chi connectivity index (χ4n) is 3.35. The zero-order valence-corrected chi connectivity index (χ0v) is 16.7. The van der Waals surface area contributed by atoms with Crippen molar-refractivity contribution in [1.82, 2.24) is 4.57 Å². The van der Waals surface area contributed by atoms with E-state index in [0.717, 1.165) is 5.52 Å². The van der Waals surface area contributed by atoms with Gasteiger partial charge in [0, 0.05) is 22.5 Å². The lowest BCUT2D eigenvalue weighted by atomic mass is 10.0. The molecule has 2 aromatic carbocycles. The quantitative estimate of drug-likeness (QED) is 0.474. The Labute approximate surface area is 171 Å². The number of aromatic nitrogens is 1. The van der Waals surface area contributed by atoms with Crippen molar-refractivity contribution in [1.29, 1.82) is 0 Å². The first kappa shape index (κ1) is 18.5. The van der Waals surface area contributed by atoms with E-state index in [4.69, 9.17) is 11.6 Å². The first-order valence-corrected chi connectivity index (χ1v) is 10.1. The second-order valence-electron chi connectivity index (χ2n) is 6.23. The molecule has 4 nitrogen and oxygen atoms in total. The number of pyridine rings is 1. The van der Waals surface area contributed by atoms with Crippen LogP contribution in [-0.4, -0.2) is 10.5 Å². The van der Waals surface area contributed by atoms with Crippen LogP contribution >= 0.6 is 22.9 Å². The number of rotatable bonds is 4. The molecule has 1 amide bonds. The highest BCUT2D eigenvalue weighted by Crippen LogP contribution is 2.33. The van der Waals surface area contributed by atoms with E-state index in [1.807, 2.05) is 53.3 Å². The molecule has 0 saturated heterocycles. The Balaban J connectivity index is 2.05. The number of benzene rings is 2. The van der Waals surface area contributed by atoms with E-state index in [1.165, 1.54) is 11.3 Å². The third-order valence-electron chi connectivity index (χ3n) is 4.61. The number of halogens is 1. The lowest BCUT2D eigenvalue weighted by Gasteiger charge is -2.20. The van der Waals surface area contributed by atoms with Crippen LogP contribution in [0.4, 0.5) is 5.82 Å². The number of fused-ring (bicyclic) bond motifs is 1. The molecule has 0 aliphatic carbocycles. The van der Waals surface area contributed by atoms with Gasteiger partial charge in [-0.05, 0) is 36.6 Å². The van der Waals surface area contributed by atoms with Crippen LogP contribution in [0.2, 0.25) is 5.02 Å². The number of carbonyl (C=O) groups is 1. The van der Waals surface area contributed by atoms with Crippen molar-refractivity contribution in [2.45, 2.75) is 13.5 Å². The molecule has 2 aromatic heterocycles. The monoisotopic (exact) mass is 408 g/mol. The lowest BCUT2D eigenvalue weighted by molar-refractivity contribution is 0.102. The molecule has 0 spiro atoms. The molecule has 0 radical (unpaired) electrons. The molecule has 2 heterocycles. The van der Waals surface area contributed by atoms with E-state index in [0.29, 0.717) is 38.8 Å². The molecule has 0 unspecified atom stereocenters. The number of amides is 1. The SMILES string of the molecule is CCn1c(NC(=O)c2cccs2)c(-c2ccccc2Cl)c(=O)c2ccccc21. The van der Waals surface area contributed by atoms with Crippen LogP contribution < -0.4 is 10.7 Å². The molecule has 0 aliphatic heterocycles. The van der Waals surface area contributed by atoms with Gasteiger partial charge in [0.2, 0.25) is 0 Å². The molecule has 4 aromatic rings. The molecule has 140 valence electrons. The van der Waals surface area contributed by atoms with Crippen molar-refractivity contribution in [3.63, 3.8) is 0 Å². The molecular formula is C22H17ClN2O2S. The van der Waals surface area contributed by atoms with Crippen molar-refractivity contribution in [3.8, 4) is 11.1 Å². The summed E-state index contributed by atoms with van der Waals surface area (Å²) in [4.78, 5) is 26.8. The van der Waals surface area contributed by atoms with Gasteiger partial charge in [-0.25, -0.2) is 0 Å². The first-order chi connectivity index (χ1) is 13.6. The normalized spacial score (nSPS) is 10.9. The highest BCUT2D eigenvalue weighted by atomic mass is 35.5. The number of hydrogen-bond donors (Lipinski definition) is 1. The maximum Gasteiger partial charge on any atom is 0.266 e. The van der Waals surface area contributed by atoms with Gasteiger partial charge in [0.05, 0.1) is 16.0 Å². The van der Waals surface area contributed by atoms with Crippen molar-refractivity contribution >= 4 is 45.6 Å². The zero-order chi connectivity index (χ0) is 19.7. The Bertz CT molecular complexity index is 1230. The van der Waals surface area contributed by atoms with Gasteiger partial charge in [0.1, 0.15) is 5.82 Å². The van der Waals surface area contributed by atoms with Crippen molar-refractivity contribution < 1.29 is 4.79 Å². The third-order valence-corrected chi connectivity index (χ3v) is 5.81. The van der Waals surface area contributed by atoms with E-state index < -0.39 is 0 Å². The third kappa shape index (κ3) is 3.13. The molecule has 28 heavy (non-hydrogen) atoms. The van der Waals surface area contributed by atoms with Crippen LogP contribution in [-0.2, 0) is 6.54 Å². The van der Waals surface area contributed by atoms with E-state index in [2.05, 4.69) is 5.32 Å². The molecule has 1 N–H and O–H groups in total. The summed E-state index contributed by atoms with van der Waals surface area (Å²) in [6.45, 7) is 2.56. The largest absolute Gasteiger partial charge is 0.327 e. The Morgan fingerprint density at radius 3 is 2.54 bits per heavy atom. The Morgan fingerprint density at radius 2 is 1.82 bits per heavy atom. The molecule has 0 bridgehead atoms. The maximum atomic E-state index is 13.4. The van der Waals surface area contributed by atoms with E-state index >= 15 is 0 Å². The number of nitrogens with zero attached hydrogens (tertiary/aromatic N) is 1. The minimum Gasteiger partial charge on any atom is -0.327 e. The van der Waals surface area contributed by atoms with E-state index in [-0.39, 0.29) is 11.3 Å². The van der Waals surface area contributed by atoms with Gasteiger partial charge in [0.25, 0.3) is 5.91 Å². The second kappa shape index (κ2) is 7.62. The Kier molecular flexibility index (Phi) is 5.03. The summed E-state index contributed by atoms with van der Waals surface area (Å²) in [5.41, 5.74) is 1.61. The Morgan fingerprint density at radius 1 is 1.07 bits per heavy atom. The van der Waals surface area contributed by atoms with Gasteiger partial charge >= 0.3 is 0 Å². The van der Waals surface area contributed by atoms with Gasteiger partial charge in [-0.15, -0.1) is 11.3 Å². The number of thiophene rings is 1. The van der Waals surface area contributed by atoms with E-state index in [9.17, 15) is 9.59 Å². The van der Waals surface area contributed by atoms with Crippen LogP contribution in [0.25, 0.3) is 22.0 Å². The predicted molar refractivity (Wildman–Crippen MR) is 117 cm³/mol. The summed E-state index contributed by atoms with van der Waals surface area (Å²) in [7, 11) is 0. The highest BCUT2D eigenvalue weighted by molar-refractivity contribution is 7.12. The molecule has 0 fully saturated rings. The van der Waals surface area contributed by atoms with Gasteiger partial charge in [-0.2, -0.15) is 0 Å². The van der Waals surface area contributed by atoms with Gasteiger partial charge in [-0.1, -0.05) is 48.0 Å². The standard InChI is InChI=1S/C22H17ClN2O2S/c1-2-25-17-11-6-4-9-15(17)20(26)19(14-8-3-5-10-16(14)23)21(25)24-22(27)18-12-7-13-28-18/h3-13H,2H2,1H3,(H,24,27). The molecule has 4 rings (SSSR count). The van der Waals surface area contributed by atoms with E-state index in [1.54, 1.807) is 24.3 Å². The minimum atomic E-state index is -0.250. The number of carbonyl (C=O) groups excluding carboxylic acids is 1. The molecule has 0 atom stereocenters. The van der Waals surface area contributed by atoms with Crippen LogP contribution in [0.5, 0.6) is 0 Å². The summed E-state index contributed by atoms with van der Waals surface area (Å²) >= 11 is 7.78. The first-order valence-electron chi connectivity index (χ1n) is 8.87. The summed E-state index contributed by atoms with van der Waals surface area (Å²) in [6.07, 6.45) is 0. The number of aryl methyl sites for hydroxylation is 1. The summed E-state index contributed by atoms with van der Waals surface area (Å²) < 4.78 is 1.95. The molecule has 6 heteroatoms. The van der Waals surface area contributed by atoms with Crippen LogP contribution in [0.15, 0.2) is 70.8 Å². The smallest absolute Gasteiger partial charge is 0.266 e. The fourth-order valence-corrected chi connectivity index (χ4v) is 4.20. The van der Waals surface area contributed by atoms with Crippen LogP contribution in [0, 0.1) is 0 Å². The number of anilines is 1. The maximum absolute atomic E-state index is 13.4. The van der Waals surface area contributed by atoms with Crippen LogP contribution in [0.1, 0.15) is 16.6 Å². The molecular weight excluding hydrogens is 392 g/mol. The number of nitrogens with one attached hydrogen (secondary N) is 1. The minimum absolute atomic E-state index is 0.158. The average Bonchev–Trinajstić information content (AvgIpc) is 3.25.